The molecule has 4 aromatic rings. The van der Waals surface area contributed by atoms with Crippen LogP contribution < -0.4 is 11.1 Å². The molecule has 1 unspecified atom stereocenters. The summed E-state index contributed by atoms with van der Waals surface area (Å²) in [7, 11) is 2.02. The maximum atomic E-state index is 13.3. The number of nitrogens with two attached hydrogens (primary N) is 1. The minimum Gasteiger partial charge on any atom is -0.383 e. The average molecular weight is 522 g/mol. The van der Waals surface area contributed by atoms with Gasteiger partial charge in [0.2, 0.25) is 0 Å². The summed E-state index contributed by atoms with van der Waals surface area (Å²) in [5, 5.41) is 5.17. The lowest BCUT2D eigenvalue weighted by Crippen LogP contribution is -2.54. The lowest BCUT2D eigenvalue weighted by Gasteiger charge is -2.33. The molecule has 3 aliphatic rings. The number of nitrogens with one attached hydrogen (secondary N) is 1. The Morgan fingerprint density at radius 2 is 2.03 bits per heavy atom. The van der Waals surface area contributed by atoms with Crippen LogP contribution in [0.15, 0.2) is 42.9 Å². The normalized spacial score (nSPS) is 26.7. The number of ether oxygens (including phenoxy) is 1. The van der Waals surface area contributed by atoms with E-state index in [0.29, 0.717) is 19.0 Å². The molecule has 1 aliphatic heterocycles. The Morgan fingerprint density at radius 3 is 2.82 bits per heavy atom. The van der Waals surface area contributed by atoms with Gasteiger partial charge >= 0.3 is 0 Å². The minimum absolute atomic E-state index is 0.0247. The SMILES string of the molecule is C#Cc1c(-c2cnc3ccccc3c2)c2c(N)ncnc2n1C12CCC(NC(=O)C3CN(C)CCO3)(CC1)C2. The van der Waals surface area contributed by atoms with Gasteiger partial charge in [-0.15, -0.1) is 6.42 Å². The smallest absolute Gasteiger partial charge is 0.250 e. The number of anilines is 1. The van der Waals surface area contributed by atoms with Gasteiger partial charge in [0.15, 0.2) is 0 Å². The quantitative estimate of drug-likeness (QED) is 0.397. The number of nitrogen functional groups attached to an aromatic ring is 1. The Morgan fingerprint density at radius 1 is 1.21 bits per heavy atom. The number of nitrogens with zero attached hydrogens (tertiary/aromatic N) is 5. The van der Waals surface area contributed by atoms with Crippen molar-refractivity contribution in [2.75, 3.05) is 32.5 Å². The Hall–Kier alpha value is -4.00. The van der Waals surface area contributed by atoms with E-state index < -0.39 is 6.10 Å². The van der Waals surface area contributed by atoms with Crippen molar-refractivity contribution in [1.82, 2.24) is 29.7 Å². The molecule has 2 aliphatic carbocycles. The molecule has 39 heavy (non-hydrogen) atoms. The summed E-state index contributed by atoms with van der Waals surface area (Å²) in [5.74, 6) is 3.36. The lowest BCUT2D eigenvalue weighted by atomic mass is 9.90. The molecule has 1 amide bonds. The number of para-hydroxylation sites is 1. The summed E-state index contributed by atoms with van der Waals surface area (Å²) in [4.78, 5) is 29.1. The van der Waals surface area contributed by atoms with E-state index in [1.807, 2.05) is 37.5 Å². The second-order valence-electron chi connectivity index (χ2n) is 11.4. The number of carbonyl (C=O) groups is 1. The second kappa shape index (κ2) is 8.76. The van der Waals surface area contributed by atoms with E-state index in [9.17, 15) is 4.79 Å². The van der Waals surface area contributed by atoms with Crippen LogP contribution in [0.1, 0.15) is 37.8 Å². The van der Waals surface area contributed by atoms with Gasteiger partial charge in [0.25, 0.3) is 5.91 Å². The van der Waals surface area contributed by atoms with E-state index in [1.165, 1.54) is 6.33 Å². The van der Waals surface area contributed by atoms with Gasteiger partial charge in [0.1, 0.15) is 29.6 Å². The van der Waals surface area contributed by atoms with E-state index in [4.69, 9.17) is 26.9 Å². The van der Waals surface area contributed by atoms with Crippen LogP contribution >= 0.6 is 0 Å². The highest BCUT2D eigenvalue weighted by molar-refractivity contribution is 6.04. The van der Waals surface area contributed by atoms with E-state index in [0.717, 1.165) is 77.4 Å². The number of morpholine rings is 1. The van der Waals surface area contributed by atoms with Crippen LogP contribution in [0.4, 0.5) is 5.82 Å². The summed E-state index contributed by atoms with van der Waals surface area (Å²) in [5.41, 5.74) is 10.0. The van der Waals surface area contributed by atoms with Gasteiger partial charge in [-0.3, -0.25) is 9.78 Å². The van der Waals surface area contributed by atoms with Crippen molar-refractivity contribution in [2.24, 2.45) is 0 Å². The van der Waals surface area contributed by atoms with Crippen molar-refractivity contribution >= 4 is 33.7 Å². The number of rotatable bonds is 4. The van der Waals surface area contributed by atoms with Crippen LogP contribution in [-0.4, -0.2) is 68.7 Å². The first kappa shape index (κ1) is 24.1. The molecule has 9 nitrogen and oxygen atoms in total. The van der Waals surface area contributed by atoms with Gasteiger partial charge in [-0.05, 0) is 51.3 Å². The zero-order valence-electron chi connectivity index (χ0n) is 22.0. The molecule has 9 heteroatoms. The number of pyridine rings is 1. The van der Waals surface area contributed by atoms with Crippen LogP contribution in [0.5, 0.6) is 0 Å². The number of hydrogen-bond acceptors (Lipinski definition) is 7. The predicted octanol–water partition coefficient (Wildman–Crippen LogP) is 3.07. The van der Waals surface area contributed by atoms with Crippen LogP contribution in [0.2, 0.25) is 0 Å². The van der Waals surface area contributed by atoms with Crippen LogP contribution in [0, 0.1) is 12.3 Å². The zero-order chi connectivity index (χ0) is 26.8. The standard InChI is InChI=1S/C30H31N7O2/c1-3-22-24(20-14-19-6-4-5-7-21(19)32-15-20)25-26(31)33-18-34-27(25)37(22)30-10-8-29(17-30,9-11-30)35-28(38)23-16-36(2)12-13-39-23/h1,4-7,14-15,18,23H,8-13,16-17H2,2H3,(H,35,38)(H2,31,33,34). The number of terminal acetylenes is 1. The Balaban J connectivity index is 1.31. The highest BCUT2D eigenvalue weighted by Crippen LogP contribution is 2.57. The molecule has 4 heterocycles. The second-order valence-corrected chi connectivity index (χ2v) is 11.4. The van der Waals surface area contributed by atoms with E-state index in [2.05, 4.69) is 31.8 Å². The number of aromatic nitrogens is 4. The fourth-order valence-electron chi connectivity index (χ4n) is 7.15. The van der Waals surface area contributed by atoms with Crippen LogP contribution in [-0.2, 0) is 15.1 Å². The lowest BCUT2D eigenvalue weighted by molar-refractivity contribution is -0.139. The predicted molar refractivity (Wildman–Crippen MR) is 150 cm³/mol. The Labute approximate surface area is 226 Å². The van der Waals surface area contributed by atoms with Crippen molar-refractivity contribution in [3.63, 3.8) is 0 Å². The van der Waals surface area contributed by atoms with Crippen molar-refractivity contribution in [3.05, 3.63) is 48.5 Å². The van der Waals surface area contributed by atoms with Crippen molar-refractivity contribution in [2.45, 2.75) is 49.3 Å². The fourth-order valence-corrected chi connectivity index (χ4v) is 7.15. The van der Waals surface area contributed by atoms with Gasteiger partial charge in [-0.2, -0.15) is 0 Å². The van der Waals surface area contributed by atoms with Gasteiger partial charge < -0.3 is 25.3 Å². The third-order valence-electron chi connectivity index (χ3n) is 9.02. The van der Waals surface area contributed by atoms with Crippen molar-refractivity contribution in [1.29, 1.82) is 0 Å². The monoisotopic (exact) mass is 521 g/mol. The zero-order valence-corrected chi connectivity index (χ0v) is 22.0. The topological polar surface area (TPSA) is 111 Å². The molecule has 1 aromatic carbocycles. The summed E-state index contributed by atoms with van der Waals surface area (Å²) in [6, 6.07) is 10.1. The third kappa shape index (κ3) is 3.70. The highest BCUT2D eigenvalue weighted by atomic mass is 16.5. The Bertz CT molecular complexity index is 1660. The molecule has 0 spiro atoms. The molecule has 2 saturated carbocycles. The van der Waals surface area contributed by atoms with Crippen LogP contribution in [0.25, 0.3) is 33.1 Å². The molecule has 2 bridgehead atoms. The molecule has 198 valence electrons. The summed E-state index contributed by atoms with van der Waals surface area (Å²) in [6.07, 6.45) is 13.5. The first-order valence-electron chi connectivity index (χ1n) is 13.5. The van der Waals surface area contributed by atoms with Gasteiger partial charge in [-0.1, -0.05) is 24.1 Å². The summed E-state index contributed by atoms with van der Waals surface area (Å²) >= 11 is 0. The molecule has 3 aromatic heterocycles. The van der Waals surface area contributed by atoms with Gasteiger partial charge in [-0.25, -0.2) is 9.97 Å². The fraction of sp³-hybridized carbons (Fsp3) is 0.400. The number of fused-ring (bicyclic) bond motifs is 4. The first-order chi connectivity index (χ1) is 18.9. The summed E-state index contributed by atoms with van der Waals surface area (Å²) in [6.45, 7) is 2.02. The first-order valence-corrected chi connectivity index (χ1v) is 13.5. The minimum atomic E-state index is -0.443. The number of likely N-dealkylation sites (N-methyl/N-ethyl adjacent to an activating group) is 1. The molecule has 1 atom stereocenters. The van der Waals surface area contributed by atoms with E-state index in [1.54, 1.807) is 0 Å². The van der Waals surface area contributed by atoms with E-state index >= 15 is 0 Å². The molecule has 3 N–H and O–H groups in total. The van der Waals surface area contributed by atoms with Gasteiger partial charge in [0.05, 0.1) is 17.5 Å². The third-order valence-corrected chi connectivity index (χ3v) is 9.02. The molecular formula is C30H31N7O2. The highest BCUT2D eigenvalue weighted by Gasteiger charge is 2.57. The number of benzene rings is 1. The van der Waals surface area contributed by atoms with Crippen molar-refractivity contribution in [3.8, 4) is 23.5 Å². The maximum Gasteiger partial charge on any atom is 0.250 e. The summed E-state index contributed by atoms with van der Waals surface area (Å²) < 4.78 is 8.02. The van der Waals surface area contributed by atoms with Crippen LogP contribution in [0.3, 0.4) is 0 Å². The van der Waals surface area contributed by atoms with Gasteiger partial charge in [0, 0.05) is 46.9 Å². The largest absolute Gasteiger partial charge is 0.383 e. The number of carbonyl (C=O) groups excluding carboxylic acids is 1. The molecule has 3 fully saturated rings. The number of hydrogen-bond donors (Lipinski definition) is 2. The Kier molecular flexibility index (Phi) is 5.41. The molecule has 7 rings (SSSR count). The molecule has 1 saturated heterocycles. The van der Waals surface area contributed by atoms with Crippen molar-refractivity contribution < 1.29 is 9.53 Å². The van der Waals surface area contributed by atoms with E-state index in [-0.39, 0.29) is 17.0 Å². The molecular weight excluding hydrogens is 490 g/mol. The maximum absolute atomic E-state index is 13.3. The number of amides is 1. The average Bonchev–Trinajstić information content (AvgIpc) is 3.61. The molecule has 0 radical (unpaired) electrons.